The maximum absolute atomic E-state index is 12.3. The van der Waals surface area contributed by atoms with Crippen LogP contribution in [0.1, 0.15) is 30.7 Å². The summed E-state index contributed by atoms with van der Waals surface area (Å²) in [5.74, 6) is 0.243. The Bertz CT molecular complexity index is 509. The van der Waals surface area contributed by atoms with Gasteiger partial charge in [-0.3, -0.25) is 5.10 Å². The predicted molar refractivity (Wildman–Crippen MR) is 75.8 cm³/mol. The summed E-state index contributed by atoms with van der Waals surface area (Å²) in [6.07, 6.45) is 2.88. The van der Waals surface area contributed by atoms with E-state index < -0.39 is 10.0 Å². The normalized spacial score (nSPS) is 23.3. The molecule has 2 unspecified atom stereocenters. The zero-order chi connectivity index (χ0) is 13.3. The van der Waals surface area contributed by atoms with E-state index in [1.54, 1.807) is 13.8 Å². The van der Waals surface area contributed by atoms with Crippen LogP contribution >= 0.6 is 12.4 Å². The molecule has 2 atom stereocenters. The fraction of sp³-hybridized carbons (Fsp3) is 0.727. The average molecular weight is 309 g/mol. The van der Waals surface area contributed by atoms with Crippen LogP contribution in [-0.2, 0) is 10.0 Å². The van der Waals surface area contributed by atoms with Crippen LogP contribution in [0.3, 0.4) is 0 Å². The number of aromatic amines is 1. The Labute approximate surface area is 120 Å². The van der Waals surface area contributed by atoms with E-state index in [4.69, 9.17) is 5.73 Å². The molecule has 2 rings (SSSR count). The van der Waals surface area contributed by atoms with E-state index in [-0.39, 0.29) is 29.3 Å². The van der Waals surface area contributed by atoms with Crippen molar-refractivity contribution >= 4 is 22.4 Å². The lowest BCUT2D eigenvalue weighted by Crippen LogP contribution is -2.40. The van der Waals surface area contributed by atoms with Gasteiger partial charge in [0.15, 0.2) is 0 Å². The van der Waals surface area contributed by atoms with Crippen molar-refractivity contribution in [3.05, 3.63) is 11.4 Å². The Morgan fingerprint density at radius 2 is 2.11 bits per heavy atom. The molecule has 0 aromatic carbocycles. The molecule has 1 aliphatic rings. The minimum atomic E-state index is -3.50. The molecule has 0 spiro atoms. The summed E-state index contributed by atoms with van der Waals surface area (Å²) < 4.78 is 27.5. The second-order valence-electron chi connectivity index (χ2n) is 4.92. The molecule has 6 nitrogen and oxygen atoms in total. The number of hydrogen-bond acceptors (Lipinski definition) is 4. The number of rotatable bonds is 4. The van der Waals surface area contributed by atoms with E-state index in [9.17, 15) is 8.42 Å². The van der Waals surface area contributed by atoms with Gasteiger partial charge in [0.05, 0.1) is 11.4 Å². The molecule has 1 aromatic rings. The van der Waals surface area contributed by atoms with Gasteiger partial charge >= 0.3 is 0 Å². The standard InChI is InChI=1S/C11H20N4O2S.ClH/c1-7-11(8(2)14-13-7)18(16,17)15-10-5-3-4-9(10)6-12;/h9-10,15H,3-6,12H2,1-2H3,(H,13,14);1H. The fourth-order valence-corrected chi connectivity index (χ4v) is 4.38. The second kappa shape index (κ2) is 6.21. The monoisotopic (exact) mass is 308 g/mol. The summed E-state index contributed by atoms with van der Waals surface area (Å²) in [7, 11) is -3.50. The summed E-state index contributed by atoms with van der Waals surface area (Å²) in [6.45, 7) is 3.92. The quantitative estimate of drug-likeness (QED) is 0.767. The molecule has 110 valence electrons. The Morgan fingerprint density at radius 1 is 1.42 bits per heavy atom. The van der Waals surface area contributed by atoms with Gasteiger partial charge in [0.2, 0.25) is 10.0 Å². The summed E-state index contributed by atoms with van der Waals surface area (Å²) in [4.78, 5) is 0.269. The Kier molecular flexibility index (Phi) is 5.37. The van der Waals surface area contributed by atoms with Gasteiger partial charge in [-0.15, -0.1) is 12.4 Å². The van der Waals surface area contributed by atoms with Gasteiger partial charge in [0.1, 0.15) is 4.90 Å². The number of aromatic nitrogens is 2. The molecule has 1 heterocycles. The average Bonchev–Trinajstić information content (AvgIpc) is 2.85. The molecule has 0 aliphatic heterocycles. The molecule has 4 N–H and O–H groups in total. The number of H-pyrrole nitrogens is 1. The lowest BCUT2D eigenvalue weighted by molar-refractivity contribution is 0.452. The molecule has 1 saturated carbocycles. The maximum Gasteiger partial charge on any atom is 0.244 e. The molecule has 1 fully saturated rings. The van der Waals surface area contributed by atoms with Crippen molar-refractivity contribution in [1.82, 2.24) is 14.9 Å². The first-order chi connectivity index (χ1) is 8.45. The lowest BCUT2D eigenvalue weighted by Gasteiger charge is -2.19. The van der Waals surface area contributed by atoms with Crippen molar-refractivity contribution < 1.29 is 8.42 Å². The molecule has 1 aliphatic carbocycles. The van der Waals surface area contributed by atoms with E-state index in [1.807, 2.05) is 0 Å². The molecule has 0 radical (unpaired) electrons. The zero-order valence-electron chi connectivity index (χ0n) is 11.1. The number of halogens is 1. The Morgan fingerprint density at radius 3 is 2.63 bits per heavy atom. The van der Waals surface area contributed by atoms with Crippen LogP contribution < -0.4 is 10.5 Å². The third-order valence-electron chi connectivity index (χ3n) is 3.60. The maximum atomic E-state index is 12.3. The van der Waals surface area contributed by atoms with Crippen LogP contribution in [0, 0.1) is 19.8 Å². The van der Waals surface area contributed by atoms with Crippen molar-refractivity contribution in [2.45, 2.75) is 44.0 Å². The van der Waals surface area contributed by atoms with Gasteiger partial charge in [-0.25, -0.2) is 13.1 Å². The molecular weight excluding hydrogens is 288 g/mol. The van der Waals surface area contributed by atoms with Crippen LogP contribution in [0.15, 0.2) is 4.90 Å². The summed E-state index contributed by atoms with van der Waals surface area (Å²) in [6, 6.07) is -0.0475. The Hall–Kier alpha value is -0.630. The first kappa shape index (κ1) is 16.4. The molecule has 8 heteroatoms. The van der Waals surface area contributed by atoms with Crippen LogP contribution in [-0.4, -0.2) is 31.2 Å². The van der Waals surface area contributed by atoms with Crippen LogP contribution in [0.4, 0.5) is 0 Å². The minimum absolute atomic E-state index is 0. The highest BCUT2D eigenvalue weighted by Gasteiger charge is 2.32. The van der Waals surface area contributed by atoms with Crippen LogP contribution in [0.25, 0.3) is 0 Å². The third kappa shape index (κ3) is 3.28. The van der Waals surface area contributed by atoms with E-state index in [1.165, 1.54) is 0 Å². The van der Waals surface area contributed by atoms with E-state index in [2.05, 4.69) is 14.9 Å². The lowest BCUT2D eigenvalue weighted by atomic mass is 10.1. The van der Waals surface area contributed by atoms with Crippen molar-refractivity contribution in [3.63, 3.8) is 0 Å². The topological polar surface area (TPSA) is 101 Å². The van der Waals surface area contributed by atoms with Gasteiger partial charge in [-0.05, 0) is 39.2 Å². The van der Waals surface area contributed by atoms with E-state index in [0.29, 0.717) is 17.9 Å². The van der Waals surface area contributed by atoms with Crippen molar-refractivity contribution in [1.29, 1.82) is 0 Å². The van der Waals surface area contributed by atoms with E-state index in [0.717, 1.165) is 19.3 Å². The van der Waals surface area contributed by atoms with Crippen molar-refractivity contribution in [3.8, 4) is 0 Å². The highest BCUT2D eigenvalue weighted by Crippen LogP contribution is 2.27. The minimum Gasteiger partial charge on any atom is -0.330 e. The molecule has 1 aromatic heterocycles. The number of nitrogens with one attached hydrogen (secondary N) is 2. The second-order valence-corrected chi connectivity index (χ2v) is 6.57. The number of hydrogen-bond donors (Lipinski definition) is 3. The van der Waals surface area contributed by atoms with Crippen LogP contribution in [0.5, 0.6) is 0 Å². The molecule has 0 saturated heterocycles. The van der Waals surface area contributed by atoms with Gasteiger partial charge in [0, 0.05) is 6.04 Å². The van der Waals surface area contributed by atoms with Gasteiger partial charge < -0.3 is 5.73 Å². The fourth-order valence-electron chi connectivity index (χ4n) is 2.67. The number of sulfonamides is 1. The van der Waals surface area contributed by atoms with Crippen molar-refractivity contribution in [2.75, 3.05) is 6.54 Å². The summed E-state index contributed by atoms with van der Waals surface area (Å²) >= 11 is 0. The molecule has 0 amide bonds. The predicted octanol–water partition coefficient (Wildman–Crippen LogP) is 0.854. The number of nitrogens with zero attached hydrogens (tertiary/aromatic N) is 1. The molecular formula is C11H21ClN4O2S. The number of nitrogens with two attached hydrogens (primary N) is 1. The van der Waals surface area contributed by atoms with Gasteiger partial charge in [-0.2, -0.15) is 5.10 Å². The van der Waals surface area contributed by atoms with Crippen molar-refractivity contribution in [2.24, 2.45) is 11.7 Å². The SMILES string of the molecule is Cc1n[nH]c(C)c1S(=O)(=O)NC1CCCC1CN.Cl. The van der Waals surface area contributed by atoms with Gasteiger partial charge in [0.25, 0.3) is 0 Å². The van der Waals surface area contributed by atoms with Crippen LogP contribution in [0.2, 0.25) is 0 Å². The first-order valence-corrected chi connectivity index (χ1v) is 7.68. The van der Waals surface area contributed by atoms with E-state index >= 15 is 0 Å². The molecule has 19 heavy (non-hydrogen) atoms. The van der Waals surface area contributed by atoms with Gasteiger partial charge in [-0.1, -0.05) is 6.42 Å². The summed E-state index contributed by atoms with van der Waals surface area (Å²) in [5, 5.41) is 6.63. The number of aryl methyl sites for hydroxylation is 2. The smallest absolute Gasteiger partial charge is 0.244 e. The molecule has 0 bridgehead atoms. The highest BCUT2D eigenvalue weighted by molar-refractivity contribution is 7.89. The summed E-state index contributed by atoms with van der Waals surface area (Å²) in [5.41, 5.74) is 6.74. The third-order valence-corrected chi connectivity index (χ3v) is 5.35. The highest BCUT2D eigenvalue weighted by atomic mass is 35.5. The first-order valence-electron chi connectivity index (χ1n) is 6.19. The zero-order valence-corrected chi connectivity index (χ0v) is 12.8. The Balaban J connectivity index is 0.00000180. The largest absolute Gasteiger partial charge is 0.330 e.